The van der Waals surface area contributed by atoms with Gasteiger partial charge in [-0.2, -0.15) is 0 Å². The number of hydrogen-bond donors (Lipinski definition) is 2. The Labute approximate surface area is 180 Å². The van der Waals surface area contributed by atoms with Gasteiger partial charge in [0, 0.05) is 12.8 Å². The molecule has 0 bridgehead atoms. The number of carbonyl (C=O) groups excluding carboxylic acids is 1. The second kappa shape index (κ2) is 9.41. The molecule has 7 nitrogen and oxygen atoms in total. The number of esters is 1. The maximum atomic E-state index is 13.1. The third kappa shape index (κ3) is 5.01. The number of rotatable bonds is 9. The summed E-state index contributed by atoms with van der Waals surface area (Å²) < 4.78 is 23.6. The van der Waals surface area contributed by atoms with Crippen molar-refractivity contribution in [1.29, 1.82) is 0 Å². The molecule has 0 aromatic heterocycles. The summed E-state index contributed by atoms with van der Waals surface area (Å²) >= 11 is 0. The lowest BCUT2D eigenvalue weighted by Gasteiger charge is -2.35. The summed E-state index contributed by atoms with van der Waals surface area (Å²) in [6.07, 6.45) is 5.79. The minimum Gasteiger partial charge on any atom is -0.453 e. The highest BCUT2D eigenvalue weighted by Gasteiger charge is 2.61. The summed E-state index contributed by atoms with van der Waals surface area (Å²) in [7, 11) is 0. The number of aliphatic hydroxyl groups is 2. The van der Waals surface area contributed by atoms with E-state index in [2.05, 4.69) is 13.8 Å². The largest absolute Gasteiger partial charge is 0.453 e. The molecule has 30 heavy (non-hydrogen) atoms. The van der Waals surface area contributed by atoms with Gasteiger partial charge in [-0.15, -0.1) is 0 Å². The quantitative estimate of drug-likeness (QED) is 0.429. The van der Waals surface area contributed by atoms with Crippen LogP contribution in [0.5, 0.6) is 0 Å². The fourth-order valence-electron chi connectivity index (χ4n) is 5.14. The van der Waals surface area contributed by atoms with E-state index in [1.807, 2.05) is 6.92 Å². The molecule has 0 radical (unpaired) electrons. The first-order valence-electron chi connectivity index (χ1n) is 11.8. The van der Waals surface area contributed by atoms with Crippen LogP contribution in [0, 0.1) is 5.41 Å². The van der Waals surface area contributed by atoms with Gasteiger partial charge in [-0.3, -0.25) is 4.79 Å². The Morgan fingerprint density at radius 3 is 2.43 bits per heavy atom. The van der Waals surface area contributed by atoms with Gasteiger partial charge in [0.15, 0.2) is 11.9 Å². The molecule has 2 N–H and O–H groups in total. The van der Waals surface area contributed by atoms with Crippen molar-refractivity contribution in [1.82, 2.24) is 0 Å². The summed E-state index contributed by atoms with van der Waals surface area (Å²) in [6, 6.07) is 0. The maximum Gasteiger partial charge on any atom is 0.312 e. The molecule has 3 aliphatic rings. The van der Waals surface area contributed by atoms with Crippen molar-refractivity contribution in [3.05, 3.63) is 0 Å². The van der Waals surface area contributed by atoms with Crippen LogP contribution in [0.1, 0.15) is 91.9 Å². The number of hydrogen-bond acceptors (Lipinski definition) is 7. The number of unbranched alkanes of at least 4 members (excludes halogenated alkanes) is 1. The third-order valence-corrected chi connectivity index (χ3v) is 6.96. The van der Waals surface area contributed by atoms with Crippen LogP contribution in [0.2, 0.25) is 0 Å². The summed E-state index contributed by atoms with van der Waals surface area (Å²) in [5.41, 5.74) is -0.593. The first-order valence-corrected chi connectivity index (χ1v) is 11.8. The van der Waals surface area contributed by atoms with Gasteiger partial charge in [0.2, 0.25) is 5.79 Å². The second-order valence-corrected chi connectivity index (χ2v) is 9.84. The molecular weight excluding hydrogens is 388 g/mol. The molecule has 7 heteroatoms. The van der Waals surface area contributed by atoms with Crippen molar-refractivity contribution in [2.75, 3.05) is 6.61 Å². The molecule has 3 fully saturated rings. The Kier molecular flexibility index (Phi) is 7.50. The highest BCUT2D eigenvalue weighted by Crippen LogP contribution is 2.43. The van der Waals surface area contributed by atoms with Gasteiger partial charge in [-0.25, -0.2) is 0 Å². The second-order valence-electron chi connectivity index (χ2n) is 9.84. The Morgan fingerprint density at radius 1 is 1.10 bits per heavy atom. The lowest BCUT2D eigenvalue weighted by Crippen LogP contribution is -2.46. The zero-order valence-corrected chi connectivity index (χ0v) is 19.0. The van der Waals surface area contributed by atoms with Gasteiger partial charge >= 0.3 is 5.97 Å². The Morgan fingerprint density at radius 2 is 1.80 bits per heavy atom. The van der Waals surface area contributed by atoms with E-state index in [0.717, 1.165) is 51.4 Å². The van der Waals surface area contributed by atoms with Gasteiger partial charge in [0.1, 0.15) is 18.3 Å². The molecule has 6 unspecified atom stereocenters. The zero-order valence-electron chi connectivity index (χ0n) is 19.0. The fourth-order valence-corrected chi connectivity index (χ4v) is 5.14. The van der Waals surface area contributed by atoms with Gasteiger partial charge in [-0.1, -0.05) is 39.5 Å². The van der Waals surface area contributed by atoms with Crippen molar-refractivity contribution < 1.29 is 34.0 Å². The normalized spacial score (nSPS) is 37.5. The Hall–Kier alpha value is -0.730. The van der Waals surface area contributed by atoms with E-state index in [9.17, 15) is 15.0 Å². The monoisotopic (exact) mass is 428 g/mol. The molecule has 0 aromatic carbocycles. The first-order chi connectivity index (χ1) is 14.1. The Bertz CT molecular complexity index is 586. The van der Waals surface area contributed by atoms with E-state index >= 15 is 0 Å². The maximum absolute atomic E-state index is 13.1. The summed E-state index contributed by atoms with van der Waals surface area (Å²) in [5.74, 6) is -3.16. The summed E-state index contributed by atoms with van der Waals surface area (Å²) in [4.78, 5) is 13.1. The SMILES string of the molecule is CCCCC(C)(CCC)C(=O)OC1C2OCC(OC3(O)CCCCC3)C2OC1(C)O. The first kappa shape index (κ1) is 23.9. The minimum atomic E-state index is -1.67. The average Bonchev–Trinajstić information content (AvgIpc) is 3.16. The van der Waals surface area contributed by atoms with Crippen molar-refractivity contribution in [2.24, 2.45) is 5.41 Å². The van der Waals surface area contributed by atoms with Crippen LogP contribution in [0.4, 0.5) is 0 Å². The smallest absolute Gasteiger partial charge is 0.312 e. The van der Waals surface area contributed by atoms with Gasteiger partial charge < -0.3 is 29.2 Å². The highest BCUT2D eigenvalue weighted by atomic mass is 16.7. The number of ether oxygens (including phenoxy) is 4. The number of fused-ring (bicyclic) bond motifs is 1. The van der Waals surface area contributed by atoms with Crippen LogP contribution in [-0.4, -0.2) is 58.8 Å². The molecule has 6 atom stereocenters. The molecule has 2 saturated heterocycles. The van der Waals surface area contributed by atoms with Crippen LogP contribution in [-0.2, 0) is 23.7 Å². The molecule has 174 valence electrons. The predicted octanol–water partition coefficient (Wildman–Crippen LogP) is 3.44. The Balaban J connectivity index is 1.68. The lowest BCUT2D eigenvalue weighted by molar-refractivity contribution is -0.281. The van der Waals surface area contributed by atoms with Crippen molar-refractivity contribution in [2.45, 2.75) is 128 Å². The fraction of sp³-hybridized carbons (Fsp3) is 0.957. The van der Waals surface area contributed by atoms with E-state index in [-0.39, 0.29) is 12.6 Å². The van der Waals surface area contributed by atoms with Gasteiger partial charge in [0.05, 0.1) is 12.0 Å². The summed E-state index contributed by atoms with van der Waals surface area (Å²) in [6.45, 7) is 7.84. The van der Waals surface area contributed by atoms with Crippen LogP contribution in [0.25, 0.3) is 0 Å². The number of carbonyl (C=O) groups is 1. The zero-order chi connectivity index (χ0) is 22.0. The molecule has 2 heterocycles. The topological polar surface area (TPSA) is 94.5 Å². The van der Waals surface area contributed by atoms with E-state index in [4.69, 9.17) is 18.9 Å². The van der Waals surface area contributed by atoms with Crippen LogP contribution < -0.4 is 0 Å². The predicted molar refractivity (Wildman–Crippen MR) is 111 cm³/mol. The molecule has 2 aliphatic heterocycles. The lowest BCUT2D eigenvalue weighted by atomic mass is 9.80. The third-order valence-electron chi connectivity index (χ3n) is 6.96. The molecular formula is C23H40O7. The standard InChI is InChI=1S/C23H40O7/c1-5-7-12-21(3,11-6-2)20(24)28-19-18-17(30-22(19,4)25)16(15-27-18)29-23(26)13-9-8-10-14-23/h16-19,25-26H,5-15H2,1-4H3. The van der Waals surface area contributed by atoms with E-state index in [1.165, 1.54) is 6.92 Å². The van der Waals surface area contributed by atoms with E-state index in [0.29, 0.717) is 12.8 Å². The van der Waals surface area contributed by atoms with Crippen molar-refractivity contribution in [3.63, 3.8) is 0 Å². The van der Waals surface area contributed by atoms with Crippen LogP contribution in [0.3, 0.4) is 0 Å². The van der Waals surface area contributed by atoms with E-state index in [1.54, 1.807) is 0 Å². The minimum absolute atomic E-state index is 0.240. The van der Waals surface area contributed by atoms with Crippen molar-refractivity contribution >= 4 is 5.97 Å². The van der Waals surface area contributed by atoms with Crippen LogP contribution >= 0.6 is 0 Å². The summed E-state index contributed by atoms with van der Waals surface area (Å²) in [5, 5.41) is 21.6. The molecule has 1 saturated carbocycles. The highest BCUT2D eigenvalue weighted by molar-refractivity contribution is 5.76. The van der Waals surface area contributed by atoms with Crippen molar-refractivity contribution in [3.8, 4) is 0 Å². The molecule has 3 rings (SSSR count). The molecule has 0 spiro atoms. The molecule has 0 aromatic rings. The van der Waals surface area contributed by atoms with Gasteiger partial charge in [-0.05, 0) is 39.5 Å². The average molecular weight is 429 g/mol. The van der Waals surface area contributed by atoms with Gasteiger partial charge in [0.25, 0.3) is 0 Å². The molecule has 0 amide bonds. The van der Waals surface area contributed by atoms with E-state index < -0.39 is 41.4 Å². The molecule has 1 aliphatic carbocycles. The van der Waals surface area contributed by atoms with Crippen LogP contribution in [0.15, 0.2) is 0 Å².